The van der Waals surface area contributed by atoms with Crippen molar-refractivity contribution in [2.24, 2.45) is 0 Å². The summed E-state index contributed by atoms with van der Waals surface area (Å²) in [4.78, 5) is 15.2. The van der Waals surface area contributed by atoms with Crippen molar-refractivity contribution in [2.45, 2.75) is 19.3 Å². The Morgan fingerprint density at radius 3 is 2.76 bits per heavy atom. The third-order valence-electron chi connectivity index (χ3n) is 3.06. The number of aromatic nitrogens is 3. The van der Waals surface area contributed by atoms with Gasteiger partial charge >= 0.3 is 0 Å². The van der Waals surface area contributed by atoms with Gasteiger partial charge in [-0.15, -0.1) is 0 Å². The fourth-order valence-electron chi connectivity index (χ4n) is 2.25. The number of pyridine rings is 1. The summed E-state index contributed by atoms with van der Waals surface area (Å²) in [7, 11) is 0. The molecule has 0 bridgehead atoms. The van der Waals surface area contributed by atoms with Gasteiger partial charge in [0.25, 0.3) is 0 Å². The molecule has 3 rings (SSSR count). The molecule has 0 amide bonds. The molecule has 0 N–H and O–H groups in total. The van der Waals surface area contributed by atoms with E-state index in [1.54, 1.807) is 6.20 Å². The summed E-state index contributed by atoms with van der Waals surface area (Å²) in [5.41, 5.74) is 1.66. The SMILES string of the molecule is Clc1nc(N2CCCCC2)c2ncccc2n1. The highest BCUT2D eigenvalue weighted by atomic mass is 35.5. The van der Waals surface area contributed by atoms with E-state index in [2.05, 4.69) is 19.9 Å². The Bertz CT molecular complexity index is 537. The minimum Gasteiger partial charge on any atom is -0.355 e. The molecule has 0 saturated carbocycles. The lowest BCUT2D eigenvalue weighted by molar-refractivity contribution is 0.574. The van der Waals surface area contributed by atoms with Crippen molar-refractivity contribution in [3.8, 4) is 0 Å². The molecule has 2 aromatic rings. The Morgan fingerprint density at radius 1 is 1.12 bits per heavy atom. The molecule has 1 fully saturated rings. The highest BCUT2D eigenvalue weighted by molar-refractivity contribution is 6.28. The van der Waals surface area contributed by atoms with Gasteiger partial charge in [-0.3, -0.25) is 4.98 Å². The van der Waals surface area contributed by atoms with Crippen LogP contribution in [-0.4, -0.2) is 28.0 Å². The minimum atomic E-state index is 0.297. The summed E-state index contributed by atoms with van der Waals surface area (Å²) < 4.78 is 0. The number of rotatable bonds is 1. The minimum absolute atomic E-state index is 0.297. The highest BCUT2D eigenvalue weighted by Crippen LogP contribution is 2.25. The van der Waals surface area contributed by atoms with E-state index >= 15 is 0 Å². The maximum absolute atomic E-state index is 5.97. The number of piperidine rings is 1. The van der Waals surface area contributed by atoms with Gasteiger partial charge in [0.05, 0.1) is 5.52 Å². The first-order chi connectivity index (χ1) is 8.34. The molecule has 0 unspecified atom stereocenters. The van der Waals surface area contributed by atoms with Crippen LogP contribution in [0.2, 0.25) is 5.28 Å². The first-order valence-corrected chi connectivity index (χ1v) is 6.25. The quantitative estimate of drug-likeness (QED) is 0.728. The van der Waals surface area contributed by atoms with Crippen LogP contribution >= 0.6 is 11.6 Å². The van der Waals surface area contributed by atoms with Crippen molar-refractivity contribution in [3.63, 3.8) is 0 Å². The van der Waals surface area contributed by atoms with Crippen molar-refractivity contribution in [2.75, 3.05) is 18.0 Å². The number of hydrogen-bond acceptors (Lipinski definition) is 4. The molecule has 5 heteroatoms. The smallest absolute Gasteiger partial charge is 0.225 e. The van der Waals surface area contributed by atoms with E-state index in [4.69, 9.17) is 11.6 Å². The molecular weight excluding hydrogens is 236 g/mol. The van der Waals surface area contributed by atoms with Crippen LogP contribution in [0.15, 0.2) is 18.3 Å². The average molecular weight is 249 g/mol. The Labute approximate surface area is 105 Å². The maximum Gasteiger partial charge on any atom is 0.225 e. The average Bonchev–Trinajstić information content (AvgIpc) is 2.39. The van der Waals surface area contributed by atoms with Crippen LogP contribution < -0.4 is 4.90 Å². The van der Waals surface area contributed by atoms with Gasteiger partial charge in [0, 0.05) is 19.3 Å². The Morgan fingerprint density at radius 2 is 1.94 bits per heavy atom. The van der Waals surface area contributed by atoms with Crippen molar-refractivity contribution >= 4 is 28.5 Å². The third kappa shape index (κ3) is 2.05. The second kappa shape index (κ2) is 4.45. The second-order valence-corrected chi connectivity index (χ2v) is 4.57. The Kier molecular flexibility index (Phi) is 2.81. The molecule has 0 radical (unpaired) electrons. The molecule has 0 atom stereocenters. The molecule has 2 aromatic heterocycles. The van der Waals surface area contributed by atoms with Gasteiger partial charge < -0.3 is 4.90 Å². The van der Waals surface area contributed by atoms with Crippen LogP contribution in [0.5, 0.6) is 0 Å². The normalized spacial score (nSPS) is 16.4. The largest absolute Gasteiger partial charge is 0.355 e. The van der Waals surface area contributed by atoms with Crippen LogP contribution in [0, 0.1) is 0 Å². The number of halogens is 1. The van der Waals surface area contributed by atoms with Crippen molar-refractivity contribution in [1.82, 2.24) is 15.0 Å². The van der Waals surface area contributed by atoms with Gasteiger partial charge in [-0.05, 0) is 43.0 Å². The molecule has 1 aliphatic heterocycles. The van der Waals surface area contributed by atoms with Gasteiger partial charge in [0.1, 0.15) is 5.52 Å². The molecule has 4 nitrogen and oxygen atoms in total. The summed E-state index contributed by atoms with van der Waals surface area (Å²) in [6.07, 6.45) is 5.47. The second-order valence-electron chi connectivity index (χ2n) is 4.24. The van der Waals surface area contributed by atoms with E-state index in [1.807, 2.05) is 12.1 Å². The lowest BCUT2D eigenvalue weighted by Gasteiger charge is -2.28. The predicted octanol–water partition coefficient (Wildman–Crippen LogP) is 2.67. The van der Waals surface area contributed by atoms with E-state index < -0.39 is 0 Å². The van der Waals surface area contributed by atoms with Crippen LogP contribution in [0.1, 0.15) is 19.3 Å². The summed E-state index contributed by atoms with van der Waals surface area (Å²) in [6, 6.07) is 3.79. The van der Waals surface area contributed by atoms with Gasteiger partial charge in [-0.2, -0.15) is 4.98 Å². The molecule has 1 aliphatic rings. The van der Waals surface area contributed by atoms with Crippen molar-refractivity contribution in [3.05, 3.63) is 23.6 Å². The zero-order chi connectivity index (χ0) is 11.7. The number of fused-ring (bicyclic) bond motifs is 1. The summed E-state index contributed by atoms with van der Waals surface area (Å²) in [5.74, 6) is 0.875. The molecule has 17 heavy (non-hydrogen) atoms. The zero-order valence-electron chi connectivity index (χ0n) is 9.43. The molecule has 0 spiro atoms. The molecule has 88 valence electrons. The Balaban J connectivity index is 2.13. The monoisotopic (exact) mass is 248 g/mol. The molecule has 1 saturated heterocycles. The first kappa shape index (κ1) is 10.7. The number of nitrogens with zero attached hydrogens (tertiary/aromatic N) is 4. The van der Waals surface area contributed by atoms with E-state index in [0.29, 0.717) is 5.28 Å². The van der Waals surface area contributed by atoms with Gasteiger partial charge in [0.2, 0.25) is 5.28 Å². The topological polar surface area (TPSA) is 41.9 Å². The molecule has 0 aromatic carbocycles. The summed E-state index contributed by atoms with van der Waals surface area (Å²) in [5, 5.41) is 0.297. The van der Waals surface area contributed by atoms with Crippen molar-refractivity contribution < 1.29 is 0 Å². The summed E-state index contributed by atoms with van der Waals surface area (Å²) in [6.45, 7) is 2.05. The van der Waals surface area contributed by atoms with Gasteiger partial charge in [-0.1, -0.05) is 0 Å². The van der Waals surface area contributed by atoms with E-state index in [0.717, 1.165) is 29.9 Å². The highest BCUT2D eigenvalue weighted by Gasteiger charge is 2.17. The summed E-state index contributed by atoms with van der Waals surface area (Å²) >= 11 is 5.97. The number of hydrogen-bond donors (Lipinski definition) is 0. The van der Waals surface area contributed by atoms with E-state index in [9.17, 15) is 0 Å². The molecule has 3 heterocycles. The zero-order valence-corrected chi connectivity index (χ0v) is 10.2. The lowest BCUT2D eigenvalue weighted by Crippen LogP contribution is -2.30. The molecular formula is C12H13ClN4. The maximum atomic E-state index is 5.97. The van der Waals surface area contributed by atoms with Crippen LogP contribution in [0.25, 0.3) is 11.0 Å². The van der Waals surface area contributed by atoms with E-state index in [-0.39, 0.29) is 0 Å². The van der Waals surface area contributed by atoms with E-state index in [1.165, 1.54) is 19.3 Å². The fraction of sp³-hybridized carbons (Fsp3) is 0.417. The van der Waals surface area contributed by atoms with Crippen LogP contribution in [0.3, 0.4) is 0 Å². The van der Waals surface area contributed by atoms with Gasteiger partial charge in [-0.25, -0.2) is 4.98 Å². The standard InChI is InChI=1S/C12H13ClN4/c13-12-15-9-5-4-6-14-10(9)11(16-12)17-7-2-1-3-8-17/h4-6H,1-3,7-8H2. The lowest BCUT2D eigenvalue weighted by atomic mass is 10.1. The molecule has 0 aliphatic carbocycles. The first-order valence-electron chi connectivity index (χ1n) is 5.88. The third-order valence-corrected chi connectivity index (χ3v) is 3.23. The van der Waals surface area contributed by atoms with Crippen LogP contribution in [-0.2, 0) is 0 Å². The predicted molar refractivity (Wildman–Crippen MR) is 68.4 cm³/mol. The number of anilines is 1. The van der Waals surface area contributed by atoms with Crippen LogP contribution in [0.4, 0.5) is 5.82 Å². The van der Waals surface area contributed by atoms with Crippen molar-refractivity contribution in [1.29, 1.82) is 0 Å². The fourth-order valence-corrected chi connectivity index (χ4v) is 2.42. The Hall–Kier alpha value is -1.42. The van der Waals surface area contributed by atoms with Gasteiger partial charge in [0.15, 0.2) is 5.82 Å².